The Labute approximate surface area is 111 Å². The van der Waals surface area contributed by atoms with E-state index in [-0.39, 0.29) is 12.5 Å². The maximum absolute atomic E-state index is 11.9. The summed E-state index contributed by atoms with van der Waals surface area (Å²) in [5.41, 5.74) is 6.65. The number of hydrogen-bond donors (Lipinski definition) is 2. The topological polar surface area (TPSA) is 81.2 Å². The van der Waals surface area contributed by atoms with E-state index in [2.05, 4.69) is 10.3 Å². The number of rotatable bonds is 5. The number of nitrogens with two attached hydrogens (primary N) is 1. The molecule has 0 saturated carbocycles. The van der Waals surface area contributed by atoms with Crippen molar-refractivity contribution in [1.82, 2.24) is 10.3 Å². The Morgan fingerprint density at radius 1 is 1.42 bits per heavy atom. The van der Waals surface area contributed by atoms with Crippen LogP contribution in [0.25, 0.3) is 0 Å². The first-order valence-electron chi connectivity index (χ1n) is 6.22. The number of aromatic nitrogens is 1. The SMILES string of the molecule is CCc1cnc(CNC(=O)C(N)c2ccccc2)o1. The lowest BCUT2D eigenvalue weighted by Gasteiger charge is -2.11. The number of oxazole rings is 1. The van der Waals surface area contributed by atoms with Crippen LogP contribution < -0.4 is 11.1 Å². The molecular formula is C14H17N3O2. The van der Waals surface area contributed by atoms with Gasteiger partial charge in [-0.2, -0.15) is 0 Å². The number of carbonyl (C=O) groups is 1. The minimum Gasteiger partial charge on any atom is -0.444 e. The normalized spacial score (nSPS) is 12.1. The number of hydrogen-bond acceptors (Lipinski definition) is 4. The van der Waals surface area contributed by atoms with E-state index in [1.165, 1.54) is 0 Å². The molecule has 0 saturated heterocycles. The van der Waals surface area contributed by atoms with Crippen molar-refractivity contribution in [2.24, 2.45) is 5.73 Å². The summed E-state index contributed by atoms with van der Waals surface area (Å²) in [5.74, 6) is 1.05. The molecule has 0 radical (unpaired) electrons. The summed E-state index contributed by atoms with van der Waals surface area (Å²) < 4.78 is 5.40. The van der Waals surface area contributed by atoms with Gasteiger partial charge in [0.15, 0.2) is 0 Å². The number of benzene rings is 1. The van der Waals surface area contributed by atoms with Crippen molar-refractivity contribution in [2.75, 3.05) is 0 Å². The van der Waals surface area contributed by atoms with E-state index < -0.39 is 6.04 Å². The predicted octanol–water partition coefficient (Wildman–Crippen LogP) is 1.55. The maximum Gasteiger partial charge on any atom is 0.241 e. The number of nitrogens with one attached hydrogen (secondary N) is 1. The van der Waals surface area contributed by atoms with Crippen molar-refractivity contribution in [1.29, 1.82) is 0 Å². The van der Waals surface area contributed by atoms with Gasteiger partial charge in [-0.3, -0.25) is 4.79 Å². The first kappa shape index (κ1) is 13.3. The standard InChI is InChI=1S/C14H17N3O2/c1-2-11-8-16-12(19-11)9-17-14(18)13(15)10-6-4-3-5-7-10/h3-8,13H,2,9,15H2,1H3,(H,17,18). The number of amides is 1. The molecule has 1 aromatic carbocycles. The highest BCUT2D eigenvalue weighted by molar-refractivity contribution is 5.82. The Morgan fingerprint density at radius 2 is 2.16 bits per heavy atom. The van der Waals surface area contributed by atoms with Crippen molar-refractivity contribution < 1.29 is 9.21 Å². The van der Waals surface area contributed by atoms with Crippen LogP contribution in [0.15, 0.2) is 40.9 Å². The van der Waals surface area contributed by atoms with Gasteiger partial charge in [-0.25, -0.2) is 4.98 Å². The molecule has 2 aromatic rings. The molecule has 5 heteroatoms. The molecule has 19 heavy (non-hydrogen) atoms. The van der Waals surface area contributed by atoms with Crippen LogP contribution in [0.3, 0.4) is 0 Å². The third kappa shape index (κ3) is 3.42. The average Bonchev–Trinajstić information content (AvgIpc) is 2.93. The number of carbonyl (C=O) groups excluding carboxylic acids is 1. The third-order valence-corrected chi connectivity index (χ3v) is 2.80. The van der Waals surface area contributed by atoms with E-state index in [1.807, 2.05) is 37.3 Å². The van der Waals surface area contributed by atoms with Gasteiger partial charge in [0.2, 0.25) is 11.8 Å². The van der Waals surface area contributed by atoms with E-state index in [9.17, 15) is 4.79 Å². The Kier molecular flexibility index (Phi) is 4.30. The van der Waals surface area contributed by atoms with E-state index in [0.717, 1.165) is 17.7 Å². The van der Waals surface area contributed by atoms with Crippen LogP contribution >= 0.6 is 0 Å². The molecule has 1 amide bonds. The van der Waals surface area contributed by atoms with Crippen LogP contribution in [0, 0.1) is 0 Å². The largest absolute Gasteiger partial charge is 0.444 e. The minimum atomic E-state index is -0.679. The van der Waals surface area contributed by atoms with E-state index in [4.69, 9.17) is 10.2 Å². The average molecular weight is 259 g/mol. The van der Waals surface area contributed by atoms with Crippen molar-refractivity contribution in [2.45, 2.75) is 25.9 Å². The lowest BCUT2D eigenvalue weighted by atomic mass is 10.1. The predicted molar refractivity (Wildman–Crippen MR) is 71.1 cm³/mol. The van der Waals surface area contributed by atoms with Gasteiger partial charge in [0, 0.05) is 6.42 Å². The van der Waals surface area contributed by atoms with Gasteiger partial charge in [0.05, 0.1) is 12.7 Å². The van der Waals surface area contributed by atoms with Gasteiger partial charge in [-0.1, -0.05) is 37.3 Å². The number of aryl methyl sites for hydroxylation is 1. The molecule has 0 bridgehead atoms. The van der Waals surface area contributed by atoms with Crippen LogP contribution in [0.2, 0.25) is 0 Å². The highest BCUT2D eigenvalue weighted by atomic mass is 16.4. The molecule has 3 N–H and O–H groups in total. The summed E-state index contributed by atoms with van der Waals surface area (Å²) in [7, 11) is 0. The molecule has 0 aliphatic carbocycles. The summed E-state index contributed by atoms with van der Waals surface area (Å²) in [4.78, 5) is 16.0. The van der Waals surface area contributed by atoms with E-state index >= 15 is 0 Å². The number of nitrogens with zero attached hydrogens (tertiary/aromatic N) is 1. The first-order valence-corrected chi connectivity index (χ1v) is 6.22. The second-order valence-electron chi connectivity index (χ2n) is 4.18. The molecule has 0 fully saturated rings. The van der Waals surface area contributed by atoms with Crippen LogP contribution in [0.4, 0.5) is 0 Å². The van der Waals surface area contributed by atoms with Gasteiger partial charge in [0.1, 0.15) is 11.8 Å². The Bertz CT molecular complexity index is 537. The van der Waals surface area contributed by atoms with E-state index in [0.29, 0.717) is 5.89 Å². The van der Waals surface area contributed by atoms with Crippen LogP contribution in [0.5, 0.6) is 0 Å². The molecular weight excluding hydrogens is 242 g/mol. The van der Waals surface area contributed by atoms with Gasteiger partial charge in [-0.05, 0) is 5.56 Å². The monoisotopic (exact) mass is 259 g/mol. The lowest BCUT2D eigenvalue weighted by Crippen LogP contribution is -2.33. The van der Waals surface area contributed by atoms with Crippen LogP contribution in [-0.4, -0.2) is 10.9 Å². The highest BCUT2D eigenvalue weighted by Gasteiger charge is 2.15. The van der Waals surface area contributed by atoms with Crippen molar-refractivity contribution in [3.63, 3.8) is 0 Å². The minimum absolute atomic E-state index is 0.248. The molecule has 0 aliphatic rings. The van der Waals surface area contributed by atoms with Crippen molar-refractivity contribution >= 4 is 5.91 Å². The first-order chi connectivity index (χ1) is 9.20. The Hall–Kier alpha value is -2.14. The van der Waals surface area contributed by atoms with Crippen LogP contribution in [0.1, 0.15) is 30.2 Å². The summed E-state index contributed by atoms with van der Waals surface area (Å²) in [6, 6.07) is 8.55. The van der Waals surface area contributed by atoms with Crippen LogP contribution in [-0.2, 0) is 17.8 Å². The van der Waals surface area contributed by atoms with Gasteiger partial charge < -0.3 is 15.5 Å². The summed E-state index contributed by atoms with van der Waals surface area (Å²) in [5, 5.41) is 2.71. The molecule has 100 valence electrons. The molecule has 0 spiro atoms. The second-order valence-corrected chi connectivity index (χ2v) is 4.18. The zero-order chi connectivity index (χ0) is 13.7. The smallest absolute Gasteiger partial charge is 0.241 e. The fraction of sp³-hybridized carbons (Fsp3) is 0.286. The fourth-order valence-corrected chi connectivity index (χ4v) is 1.68. The van der Waals surface area contributed by atoms with Gasteiger partial charge in [-0.15, -0.1) is 0 Å². The zero-order valence-corrected chi connectivity index (χ0v) is 10.8. The van der Waals surface area contributed by atoms with Gasteiger partial charge >= 0.3 is 0 Å². The summed E-state index contributed by atoms with van der Waals surface area (Å²) in [6.07, 6.45) is 2.45. The lowest BCUT2D eigenvalue weighted by molar-refractivity contribution is -0.122. The Balaban J connectivity index is 1.91. The van der Waals surface area contributed by atoms with Crippen molar-refractivity contribution in [3.8, 4) is 0 Å². The summed E-state index contributed by atoms with van der Waals surface area (Å²) >= 11 is 0. The Morgan fingerprint density at radius 3 is 2.79 bits per heavy atom. The zero-order valence-electron chi connectivity index (χ0n) is 10.8. The second kappa shape index (κ2) is 6.15. The third-order valence-electron chi connectivity index (χ3n) is 2.80. The molecule has 2 rings (SSSR count). The molecule has 5 nitrogen and oxygen atoms in total. The fourth-order valence-electron chi connectivity index (χ4n) is 1.68. The van der Waals surface area contributed by atoms with E-state index in [1.54, 1.807) is 6.20 Å². The quantitative estimate of drug-likeness (QED) is 0.853. The molecule has 0 aliphatic heterocycles. The molecule has 1 heterocycles. The molecule has 1 atom stereocenters. The molecule has 1 unspecified atom stereocenters. The highest BCUT2D eigenvalue weighted by Crippen LogP contribution is 2.10. The summed E-state index contributed by atoms with van der Waals surface area (Å²) in [6.45, 7) is 2.23. The maximum atomic E-state index is 11.9. The van der Waals surface area contributed by atoms with Gasteiger partial charge in [0.25, 0.3) is 0 Å². The molecule has 1 aromatic heterocycles. The van der Waals surface area contributed by atoms with Crippen molar-refractivity contribution in [3.05, 3.63) is 53.7 Å².